The number of carbonyl (C=O) groups is 3. The Morgan fingerprint density at radius 2 is 1.45 bits per heavy atom. The van der Waals surface area contributed by atoms with Gasteiger partial charge < -0.3 is 15.5 Å². The summed E-state index contributed by atoms with van der Waals surface area (Å²) < 4.78 is 0.550. The molecule has 0 aliphatic heterocycles. The molecule has 0 spiro atoms. The fraction of sp³-hybridized carbons (Fsp3) is 0. The van der Waals surface area contributed by atoms with Gasteiger partial charge in [-0.3, -0.25) is 4.79 Å². The highest BCUT2D eigenvalue weighted by Gasteiger charge is 2.18. The summed E-state index contributed by atoms with van der Waals surface area (Å²) in [6, 6.07) is 10.0. The summed E-state index contributed by atoms with van der Waals surface area (Å²) in [6.07, 6.45) is 0. The predicted molar refractivity (Wildman–Crippen MR) is 82.5 cm³/mol. The zero-order valence-corrected chi connectivity index (χ0v) is 12.6. The Balaban J connectivity index is 2.38. The van der Waals surface area contributed by atoms with Gasteiger partial charge in [-0.2, -0.15) is 0 Å². The van der Waals surface area contributed by atoms with Crippen molar-refractivity contribution in [3.8, 4) is 0 Å². The smallest absolute Gasteiger partial charge is 0.337 e. The van der Waals surface area contributed by atoms with Gasteiger partial charge in [-0.15, -0.1) is 0 Å². The van der Waals surface area contributed by atoms with Crippen molar-refractivity contribution in [2.75, 3.05) is 5.32 Å². The first-order valence-electron chi connectivity index (χ1n) is 6.06. The minimum absolute atomic E-state index is 0.0470. The molecule has 7 heteroatoms. The van der Waals surface area contributed by atoms with Crippen LogP contribution >= 0.6 is 15.9 Å². The Hall–Kier alpha value is -2.67. The van der Waals surface area contributed by atoms with Crippen molar-refractivity contribution in [3.05, 3.63) is 63.6 Å². The standard InChI is InChI=1S/C15H10BrNO5/c16-8-5-6-12(11(7-8)15(21)22)17-13(18)9-3-1-2-4-10(9)14(19)20/h1-7H,(H,17,18)(H,19,20)(H,21,22). The second-order valence-electron chi connectivity index (χ2n) is 4.30. The molecule has 3 N–H and O–H groups in total. The molecule has 0 radical (unpaired) electrons. The number of anilines is 1. The third-order valence-corrected chi connectivity index (χ3v) is 3.36. The van der Waals surface area contributed by atoms with Crippen molar-refractivity contribution in [2.24, 2.45) is 0 Å². The number of benzene rings is 2. The second-order valence-corrected chi connectivity index (χ2v) is 5.22. The summed E-state index contributed by atoms with van der Waals surface area (Å²) in [4.78, 5) is 34.5. The van der Waals surface area contributed by atoms with Crippen LogP contribution in [0.25, 0.3) is 0 Å². The predicted octanol–water partition coefficient (Wildman–Crippen LogP) is 3.10. The maximum absolute atomic E-state index is 12.2. The average molecular weight is 364 g/mol. The zero-order chi connectivity index (χ0) is 16.3. The van der Waals surface area contributed by atoms with Gasteiger partial charge in [0.2, 0.25) is 0 Å². The van der Waals surface area contributed by atoms with E-state index in [2.05, 4.69) is 21.2 Å². The van der Waals surface area contributed by atoms with Crippen LogP contribution in [0.5, 0.6) is 0 Å². The summed E-state index contributed by atoms with van der Waals surface area (Å²) in [6.45, 7) is 0. The topological polar surface area (TPSA) is 104 Å². The van der Waals surface area contributed by atoms with Crippen molar-refractivity contribution in [1.82, 2.24) is 0 Å². The number of rotatable bonds is 4. The Kier molecular flexibility index (Phi) is 4.57. The number of carboxylic acids is 2. The molecule has 0 heterocycles. The van der Waals surface area contributed by atoms with Crippen LogP contribution in [0.1, 0.15) is 31.1 Å². The fourth-order valence-corrected chi connectivity index (χ4v) is 2.22. The van der Waals surface area contributed by atoms with Crippen LogP contribution in [0.15, 0.2) is 46.9 Å². The summed E-state index contributed by atoms with van der Waals surface area (Å²) in [5, 5.41) is 20.7. The number of carboxylic acid groups (broad SMARTS) is 2. The molecule has 0 unspecified atom stereocenters. The molecule has 0 aliphatic rings. The Bertz CT molecular complexity index is 772. The van der Waals surface area contributed by atoms with E-state index in [1.807, 2.05) is 0 Å². The van der Waals surface area contributed by atoms with Crippen LogP contribution in [-0.2, 0) is 0 Å². The lowest BCUT2D eigenvalue weighted by Crippen LogP contribution is -2.18. The maximum atomic E-state index is 12.2. The van der Waals surface area contributed by atoms with Gasteiger partial charge >= 0.3 is 11.9 Å². The number of hydrogen-bond donors (Lipinski definition) is 3. The molecule has 0 fully saturated rings. The van der Waals surface area contributed by atoms with Crippen LogP contribution in [-0.4, -0.2) is 28.1 Å². The Morgan fingerprint density at radius 3 is 2.05 bits per heavy atom. The van der Waals surface area contributed by atoms with Gasteiger partial charge in [-0.1, -0.05) is 28.1 Å². The Morgan fingerprint density at radius 1 is 0.864 bits per heavy atom. The van der Waals surface area contributed by atoms with E-state index in [1.54, 1.807) is 6.07 Å². The highest BCUT2D eigenvalue weighted by Crippen LogP contribution is 2.22. The number of amides is 1. The molecule has 2 rings (SSSR count). The van der Waals surface area contributed by atoms with E-state index in [1.165, 1.54) is 36.4 Å². The van der Waals surface area contributed by atoms with Crippen molar-refractivity contribution >= 4 is 39.5 Å². The largest absolute Gasteiger partial charge is 0.478 e. The Labute approximate surface area is 133 Å². The summed E-state index contributed by atoms with van der Waals surface area (Å²) in [5.74, 6) is -3.13. The lowest BCUT2D eigenvalue weighted by atomic mass is 10.1. The van der Waals surface area contributed by atoms with Crippen molar-refractivity contribution < 1.29 is 24.6 Å². The van der Waals surface area contributed by atoms with Crippen LogP contribution in [0.4, 0.5) is 5.69 Å². The molecule has 112 valence electrons. The first-order chi connectivity index (χ1) is 10.4. The van der Waals surface area contributed by atoms with Crippen molar-refractivity contribution in [1.29, 1.82) is 0 Å². The van der Waals surface area contributed by atoms with Crippen molar-refractivity contribution in [2.45, 2.75) is 0 Å². The van der Waals surface area contributed by atoms with E-state index in [-0.39, 0.29) is 22.4 Å². The summed E-state index contributed by atoms with van der Waals surface area (Å²) in [7, 11) is 0. The number of halogens is 1. The molecule has 0 saturated heterocycles. The highest BCUT2D eigenvalue weighted by molar-refractivity contribution is 9.10. The molecule has 6 nitrogen and oxygen atoms in total. The monoisotopic (exact) mass is 363 g/mol. The van der Waals surface area contributed by atoms with Crippen LogP contribution < -0.4 is 5.32 Å². The normalized spacial score (nSPS) is 10.0. The van der Waals surface area contributed by atoms with Gasteiger partial charge in [-0.25, -0.2) is 9.59 Å². The summed E-state index contributed by atoms with van der Waals surface area (Å²) >= 11 is 3.15. The van der Waals surface area contributed by atoms with Crippen molar-refractivity contribution in [3.63, 3.8) is 0 Å². The molecule has 0 aliphatic carbocycles. The average Bonchev–Trinajstić information content (AvgIpc) is 2.48. The van der Waals surface area contributed by atoms with Crippen LogP contribution in [0.2, 0.25) is 0 Å². The van der Waals surface area contributed by atoms with Gasteiger partial charge in [-0.05, 0) is 30.3 Å². The number of carbonyl (C=O) groups excluding carboxylic acids is 1. The first-order valence-corrected chi connectivity index (χ1v) is 6.86. The number of aromatic carboxylic acids is 2. The zero-order valence-electron chi connectivity index (χ0n) is 11.0. The molecule has 2 aromatic rings. The lowest BCUT2D eigenvalue weighted by Gasteiger charge is -2.10. The number of nitrogens with one attached hydrogen (secondary N) is 1. The minimum atomic E-state index is -1.24. The van der Waals surface area contributed by atoms with E-state index in [9.17, 15) is 14.4 Å². The molecule has 0 atom stereocenters. The minimum Gasteiger partial charge on any atom is -0.478 e. The van der Waals surface area contributed by atoms with E-state index >= 15 is 0 Å². The fourth-order valence-electron chi connectivity index (χ4n) is 1.86. The van der Waals surface area contributed by atoms with Gasteiger partial charge in [0, 0.05) is 4.47 Å². The molecule has 1 amide bonds. The lowest BCUT2D eigenvalue weighted by molar-refractivity contribution is 0.0684. The second kappa shape index (κ2) is 6.40. The number of hydrogen-bond acceptors (Lipinski definition) is 3. The van der Waals surface area contributed by atoms with E-state index < -0.39 is 17.8 Å². The molecular weight excluding hydrogens is 354 g/mol. The SMILES string of the molecule is O=C(O)c1cc(Br)ccc1NC(=O)c1ccccc1C(=O)O. The quantitative estimate of drug-likeness (QED) is 0.774. The van der Waals surface area contributed by atoms with Crippen LogP contribution in [0, 0.1) is 0 Å². The van der Waals surface area contributed by atoms with Crippen LogP contribution in [0.3, 0.4) is 0 Å². The maximum Gasteiger partial charge on any atom is 0.337 e. The molecule has 0 saturated carbocycles. The third kappa shape index (κ3) is 3.32. The molecule has 0 aromatic heterocycles. The van der Waals surface area contributed by atoms with Gasteiger partial charge in [0.25, 0.3) is 5.91 Å². The third-order valence-electron chi connectivity index (χ3n) is 2.86. The summed E-state index contributed by atoms with van der Waals surface area (Å²) in [5.41, 5.74) is -0.223. The van der Waals surface area contributed by atoms with Gasteiger partial charge in [0.05, 0.1) is 22.4 Å². The van der Waals surface area contributed by atoms with Gasteiger partial charge in [0.15, 0.2) is 0 Å². The molecule has 22 heavy (non-hydrogen) atoms. The molecule has 0 bridgehead atoms. The molecule has 2 aromatic carbocycles. The first kappa shape index (κ1) is 15.7. The van der Waals surface area contributed by atoms with E-state index in [0.29, 0.717) is 4.47 Å². The highest BCUT2D eigenvalue weighted by atomic mass is 79.9. The molecular formula is C15H10BrNO5. The van der Waals surface area contributed by atoms with E-state index in [4.69, 9.17) is 10.2 Å². The van der Waals surface area contributed by atoms with E-state index in [0.717, 1.165) is 0 Å². The van der Waals surface area contributed by atoms with Gasteiger partial charge in [0.1, 0.15) is 0 Å².